The average Bonchev–Trinajstić information content (AvgIpc) is 2.55. The van der Waals surface area contributed by atoms with Gasteiger partial charge in [0.1, 0.15) is 0 Å². The molecule has 4 rings (SSSR count). The molecule has 1 heteroatoms. The van der Waals surface area contributed by atoms with Gasteiger partial charge in [0.05, 0.1) is 0 Å². The van der Waals surface area contributed by atoms with Crippen molar-refractivity contribution in [3.63, 3.8) is 0 Å². The van der Waals surface area contributed by atoms with Gasteiger partial charge in [0.25, 0.3) is 0 Å². The number of fused-ring (bicyclic) bond motifs is 3. The fraction of sp³-hybridized carbons (Fsp3) is 0.368. The summed E-state index contributed by atoms with van der Waals surface area (Å²) in [7, 11) is 0. The molecular formula is C19H21N. The predicted octanol–water partition coefficient (Wildman–Crippen LogP) is 4.51. The molecule has 2 aliphatic rings. The average molecular weight is 263 g/mol. The van der Waals surface area contributed by atoms with Gasteiger partial charge in [0.2, 0.25) is 0 Å². The summed E-state index contributed by atoms with van der Waals surface area (Å²) in [6.45, 7) is 1.25. The van der Waals surface area contributed by atoms with Crippen LogP contribution in [-0.4, -0.2) is 11.4 Å². The van der Waals surface area contributed by atoms with Gasteiger partial charge in [-0.15, -0.1) is 0 Å². The van der Waals surface area contributed by atoms with Crippen LogP contribution in [0.4, 0.5) is 0 Å². The topological polar surface area (TPSA) is 3.24 Å². The highest BCUT2D eigenvalue weighted by Gasteiger charge is 2.35. The molecule has 2 aliphatic heterocycles. The van der Waals surface area contributed by atoms with Crippen molar-refractivity contribution in [1.29, 1.82) is 0 Å². The molecule has 20 heavy (non-hydrogen) atoms. The van der Waals surface area contributed by atoms with E-state index in [1.54, 1.807) is 11.1 Å². The third kappa shape index (κ3) is 1.97. The van der Waals surface area contributed by atoms with Crippen molar-refractivity contribution in [1.82, 2.24) is 4.90 Å². The first kappa shape index (κ1) is 12.2. The van der Waals surface area contributed by atoms with Crippen molar-refractivity contribution >= 4 is 0 Å². The minimum atomic E-state index is 0.566. The number of hydrogen-bond acceptors (Lipinski definition) is 1. The SMILES string of the molecule is c1ccc([C@H]2Cc3ccccc3[C@H]3CCCCN23)cc1. The quantitative estimate of drug-likeness (QED) is 0.731. The van der Waals surface area contributed by atoms with Crippen molar-refractivity contribution in [3.05, 3.63) is 71.3 Å². The molecule has 0 amide bonds. The molecule has 0 radical (unpaired) electrons. The van der Waals surface area contributed by atoms with E-state index in [1.807, 2.05) is 0 Å². The molecule has 2 aromatic carbocycles. The van der Waals surface area contributed by atoms with Crippen molar-refractivity contribution in [2.75, 3.05) is 6.54 Å². The van der Waals surface area contributed by atoms with Crippen LogP contribution >= 0.6 is 0 Å². The molecule has 0 spiro atoms. The monoisotopic (exact) mass is 263 g/mol. The van der Waals surface area contributed by atoms with Gasteiger partial charge in [-0.1, -0.05) is 61.0 Å². The van der Waals surface area contributed by atoms with E-state index in [2.05, 4.69) is 59.5 Å². The van der Waals surface area contributed by atoms with Crippen molar-refractivity contribution < 1.29 is 0 Å². The lowest BCUT2D eigenvalue weighted by Gasteiger charge is -2.46. The summed E-state index contributed by atoms with van der Waals surface area (Å²) in [5.74, 6) is 0. The Bertz CT molecular complexity index is 590. The van der Waals surface area contributed by atoms with Gasteiger partial charge < -0.3 is 0 Å². The molecule has 0 N–H and O–H groups in total. The second kappa shape index (κ2) is 5.06. The lowest BCUT2D eigenvalue weighted by molar-refractivity contribution is 0.0806. The number of benzene rings is 2. The fourth-order valence-electron chi connectivity index (χ4n) is 4.02. The molecule has 2 aromatic rings. The van der Waals surface area contributed by atoms with Crippen LogP contribution in [-0.2, 0) is 6.42 Å². The Hall–Kier alpha value is -1.60. The molecule has 2 heterocycles. The van der Waals surface area contributed by atoms with Crippen LogP contribution in [0, 0.1) is 0 Å². The smallest absolute Gasteiger partial charge is 0.0394 e. The number of hydrogen-bond donors (Lipinski definition) is 0. The van der Waals surface area contributed by atoms with E-state index in [4.69, 9.17) is 0 Å². The van der Waals surface area contributed by atoms with Crippen LogP contribution in [0.25, 0.3) is 0 Å². The summed E-state index contributed by atoms with van der Waals surface area (Å²) >= 11 is 0. The Morgan fingerprint density at radius 1 is 0.800 bits per heavy atom. The summed E-state index contributed by atoms with van der Waals surface area (Å²) in [4.78, 5) is 2.75. The maximum atomic E-state index is 2.75. The summed E-state index contributed by atoms with van der Waals surface area (Å²) in [5, 5.41) is 0. The van der Waals surface area contributed by atoms with Crippen LogP contribution in [0.15, 0.2) is 54.6 Å². The van der Waals surface area contributed by atoms with Gasteiger partial charge in [0.15, 0.2) is 0 Å². The number of piperidine rings is 1. The third-order valence-corrected chi connectivity index (χ3v) is 4.96. The second-order valence-electron chi connectivity index (χ2n) is 6.08. The molecule has 0 bridgehead atoms. The van der Waals surface area contributed by atoms with Gasteiger partial charge >= 0.3 is 0 Å². The molecule has 0 saturated carbocycles. The number of rotatable bonds is 1. The Morgan fingerprint density at radius 2 is 1.60 bits per heavy atom. The van der Waals surface area contributed by atoms with E-state index in [0.29, 0.717) is 12.1 Å². The molecular weight excluding hydrogens is 242 g/mol. The Labute approximate surface area is 121 Å². The molecule has 102 valence electrons. The second-order valence-corrected chi connectivity index (χ2v) is 6.08. The highest BCUT2D eigenvalue weighted by molar-refractivity contribution is 5.36. The molecule has 1 nitrogen and oxygen atoms in total. The van der Waals surface area contributed by atoms with Gasteiger partial charge in [-0.05, 0) is 42.5 Å². The zero-order valence-electron chi connectivity index (χ0n) is 11.8. The maximum Gasteiger partial charge on any atom is 0.0394 e. The first-order valence-corrected chi connectivity index (χ1v) is 7.82. The van der Waals surface area contributed by atoms with E-state index in [9.17, 15) is 0 Å². The number of nitrogens with zero attached hydrogens (tertiary/aromatic N) is 1. The summed E-state index contributed by atoms with van der Waals surface area (Å²) in [5.41, 5.74) is 4.62. The third-order valence-electron chi connectivity index (χ3n) is 4.96. The van der Waals surface area contributed by atoms with Gasteiger partial charge in [0, 0.05) is 12.1 Å². The standard InChI is InChI=1S/C19H21N/c1-2-8-15(9-3-1)19-14-16-10-4-5-11-17(16)18-12-6-7-13-20(18)19/h1-5,8-11,18-19H,6-7,12-14H2/t18-,19-/m1/s1. The van der Waals surface area contributed by atoms with E-state index in [0.717, 1.165) is 6.42 Å². The van der Waals surface area contributed by atoms with Gasteiger partial charge in [-0.2, -0.15) is 0 Å². The molecule has 0 aliphatic carbocycles. The molecule has 1 fully saturated rings. The first-order valence-electron chi connectivity index (χ1n) is 7.82. The summed E-state index contributed by atoms with van der Waals surface area (Å²) < 4.78 is 0. The lowest BCUT2D eigenvalue weighted by Crippen LogP contribution is -2.41. The van der Waals surface area contributed by atoms with Crippen LogP contribution in [0.1, 0.15) is 48.0 Å². The molecule has 2 atom stereocenters. The summed E-state index contributed by atoms with van der Waals surface area (Å²) in [6, 6.07) is 21.3. The van der Waals surface area contributed by atoms with Crippen LogP contribution in [0.5, 0.6) is 0 Å². The van der Waals surface area contributed by atoms with Crippen molar-refractivity contribution in [2.45, 2.75) is 37.8 Å². The Kier molecular flexibility index (Phi) is 3.08. The highest BCUT2D eigenvalue weighted by Crippen LogP contribution is 2.44. The lowest BCUT2D eigenvalue weighted by atomic mass is 9.81. The minimum absolute atomic E-state index is 0.566. The van der Waals surface area contributed by atoms with Crippen molar-refractivity contribution in [3.8, 4) is 0 Å². The van der Waals surface area contributed by atoms with E-state index < -0.39 is 0 Å². The largest absolute Gasteiger partial charge is 0.289 e. The van der Waals surface area contributed by atoms with E-state index in [1.165, 1.54) is 31.4 Å². The predicted molar refractivity (Wildman–Crippen MR) is 82.6 cm³/mol. The van der Waals surface area contributed by atoms with Crippen LogP contribution in [0.2, 0.25) is 0 Å². The zero-order valence-corrected chi connectivity index (χ0v) is 11.8. The van der Waals surface area contributed by atoms with Crippen LogP contribution in [0.3, 0.4) is 0 Å². The summed E-state index contributed by atoms with van der Waals surface area (Å²) in [6.07, 6.45) is 5.20. The molecule has 1 saturated heterocycles. The van der Waals surface area contributed by atoms with E-state index >= 15 is 0 Å². The normalized spacial score (nSPS) is 25.8. The van der Waals surface area contributed by atoms with Gasteiger partial charge in [-0.3, -0.25) is 4.90 Å². The van der Waals surface area contributed by atoms with Crippen molar-refractivity contribution in [2.24, 2.45) is 0 Å². The van der Waals surface area contributed by atoms with Gasteiger partial charge in [-0.25, -0.2) is 0 Å². The fourth-order valence-corrected chi connectivity index (χ4v) is 4.02. The Morgan fingerprint density at radius 3 is 2.50 bits per heavy atom. The maximum absolute atomic E-state index is 2.75. The van der Waals surface area contributed by atoms with Crippen LogP contribution < -0.4 is 0 Å². The minimum Gasteiger partial charge on any atom is -0.289 e. The highest BCUT2D eigenvalue weighted by atomic mass is 15.2. The Balaban J connectivity index is 1.78. The first-order chi connectivity index (χ1) is 9.93. The molecule has 0 unspecified atom stereocenters. The zero-order chi connectivity index (χ0) is 13.4. The van der Waals surface area contributed by atoms with E-state index in [-0.39, 0.29) is 0 Å². The molecule has 0 aromatic heterocycles.